The Balaban J connectivity index is 2.94. The monoisotopic (exact) mass is 238 g/mol. The molecule has 0 aromatic heterocycles. The maximum atomic E-state index is 11.9. The number of carbonyl (C=O) groups is 1. The highest BCUT2D eigenvalue weighted by Crippen LogP contribution is 2.36. The zero-order valence-corrected chi connectivity index (χ0v) is 11.9. The predicted molar refractivity (Wildman–Crippen MR) is 68.7 cm³/mol. The van der Waals surface area contributed by atoms with Crippen LogP contribution in [0, 0.1) is 16.9 Å². The summed E-state index contributed by atoms with van der Waals surface area (Å²) in [7, 11) is 0.0514. The predicted octanol–water partition coefficient (Wildman–Crippen LogP) is 2.99. The lowest BCUT2D eigenvalue weighted by atomic mass is 9.75. The van der Waals surface area contributed by atoms with Gasteiger partial charge >= 0.3 is 5.97 Å². The van der Waals surface area contributed by atoms with Crippen molar-refractivity contribution in [3.05, 3.63) is 0 Å². The zero-order valence-electron chi connectivity index (χ0n) is 10.9. The summed E-state index contributed by atoms with van der Waals surface area (Å²) in [6, 6.07) is 0. The molecule has 1 aliphatic rings. The molecule has 90 valence electrons. The van der Waals surface area contributed by atoms with Crippen LogP contribution in [-0.4, -0.2) is 21.2 Å². The zero-order chi connectivity index (χ0) is 12.2. The Labute approximate surface area is 99.8 Å². The second-order valence-electron chi connectivity index (χ2n) is 5.63. The van der Waals surface area contributed by atoms with Gasteiger partial charge in [0.15, 0.2) is 0 Å². The average Bonchev–Trinajstić information content (AvgIpc) is 2.25. The molecule has 1 aliphatic carbocycles. The van der Waals surface area contributed by atoms with Crippen LogP contribution in [-0.2, 0) is 9.53 Å². The number of methoxy groups -OCH3 is 1. The van der Waals surface area contributed by atoms with Gasteiger partial charge in [-0.05, 0) is 12.8 Å². The first kappa shape index (κ1) is 13.3. The number of carbonyl (C=O) groups excluding carboxylic acids is 1. The van der Waals surface area contributed by atoms with E-state index in [1.54, 1.807) is 0 Å². The number of esters is 1. The molecule has 1 saturated carbocycles. The van der Waals surface area contributed by atoms with E-state index in [4.69, 9.17) is 4.74 Å². The molecule has 0 aromatic rings. The molecule has 0 unspecified atom stereocenters. The summed E-state index contributed by atoms with van der Waals surface area (Å²) in [5.41, 5.74) is 2.84. The maximum Gasteiger partial charge on any atom is 0.323 e. The average molecular weight is 238 g/mol. The second-order valence-corrected chi connectivity index (χ2v) is 10.4. The summed E-state index contributed by atoms with van der Waals surface area (Å²) < 4.78 is 4.93. The van der Waals surface area contributed by atoms with Gasteiger partial charge in [-0.2, -0.15) is 0 Å². The summed E-state index contributed by atoms with van der Waals surface area (Å²) in [6.07, 6.45) is 5.15. The Morgan fingerprint density at radius 1 is 1.19 bits per heavy atom. The van der Waals surface area contributed by atoms with Crippen molar-refractivity contribution in [1.29, 1.82) is 0 Å². The van der Waals surface area contributed by atoms with Gasteiger partial charge in [-0.15, -0.1) is 5.54 Å². The van der Waals surface area contributed by atoms with Gasteiger partial charge < -0.3 is 4.74 Å². The lowest BCUT2D eigenvalue weighted by molar-refractivity contribution is -0.150. The van der Waals surface area contributed by atoms with Crippen LogP contribution in [0.5, 0.6) is 0 Å². The van der Waals surface area contributed by atoms with Crippen LogP contribution in [0.25, 0.3) is 0 Å². The molecule has 0 heterocycles. The Bertz CT molecular complexity index is 311. The van der Waals surface area contributed by atoms with E-state index in [-0.39, 0.29) is 5.97 Å². The van der Waals surface area contributed by atoms with Crippen LogP contribution < -0.4 is 0 Å². The first-order valence-corrected chi connectivity index (χ1v) is 9.52. The summed E-state index contributed by atoms with van der Waals surface area (Å²) >= 11 is 0. The van der Waals surface area contributed by atoms with E-state index < -0.39 is 13.5 Å². The van der Waals surface area contributed by atoms with Crippen molar-refractivity contribution >= 4 is 14.0 Å². The molecule has 0 aliphatic heterocycles. The molecule has 0 saturated heterocycles. The van der Waals surface area contributed by atoms with Crippen LogP contribution in [0.4, 0.5) is 0 Å². The van der Waals surface area contributed by atoms with Crippen LogP contribution in [0.3, 0.4) is 0 Å². The highest BCUT2D eigenvalue weighted by molar-refractivity contribution is 6.83. The summed E-state index contributed by atoms with van der Waals surface area (Å²) in [5.74, 6) is 3.14. The van der Waals surface area contributed by atoms with Gasteiger partial charge in [0.1, 0.15) is 13.5 Å². The SMILES string of the molecule is COC(=O)C1(C#C[Si](C)(C)C)CCCCC1. The van der Waals surface area contributed by atoms with Crippen molar-refractivity contribution in [2.75, 3.05) is 7.11 Å². The molecule has 1 fully saturated rings. The van der Waals surface area contributed by atoms with Crippen molar-refractivity contribution in [3.63, 3.8) is 0 Å². The summed E-state index contributed by atoms with van der Waals surface area (Å²) in [6.45, 7) is 6.61. The molecule has 3 heteroatoms. The molecular weight excluding hydrogens is 216 g/mol. The molecule has 16 heavy (non-hydrogen) atoms. The van der Waals surface area contributed by atoms with Crippen molar-refractivity contribution in [1.82, 2.24) is 0 Å². The minimum atomic E-state index is -1.42. The molecule has 0 amide bonds. The number of ether oxygens (including phenoxy) is 1. The minimum absolute atomic E-state index is 0.127. The highest BCUT2D eigenvalue weighted by Gasteiger charge is 2.39. The standard InChI is InChI=1S/C13H22O2Si/c1-15-12(14)13(8-6-5-7-9-13)10-11-16(2,3)4/h5-9H2,1-4H3. The fourth-order valence-corrected chi connectivity index (χ4v) is 2.65. The Morgan fingerprint density at radius 3 is 2.19 bits per heavy atom. The van der Waals surface area contributed by atoms with Gasteiger partial charge in [-0.3, -0.25) is 4.79 Å². The topological polar surface area (TPSA) is 26.3 Å². The van der Waals surface area contributed by atoms with Crippen LogP contribution in [0.1, 0.15) is 32.1 Å². The minimum Gasteiger partial charge on any atom is -0.468 e. The fraction of sp³-hybridized carbons (Fsp3) is 0.769. The van der Waals surface area contributed by atoms with Gasteiger partial charge in [-0.1, -0.05) is 44.8 Å². The van der Waals surface area contributed by atoms with Gasteiger partial charge in [0.2, 0.25) is 0 Å². The largest absolute Gasteiger partial charge is 0.468 e. The molecule has 1 rings (SSSR count). The molecule has 0 spiro atoms. The Kier molecular flexibility index (Phi) is 4.20. The molecule has 0 bridgehead atoms. The Hall–Kier alpha value is -0.753. The van der Waals surface area contributed by atoms with Crippen LogP contribution in [0.15, 0.2) is 0 Å². The van der Waals surface area contributed by atoms with Crippen molar-refractivity contribution in [2.24, 2.45) is 5.41 Å². The maximum absolute atomic E-state index is 11.9. The van der Waals surface area contributed by atoms with E-state index in [1.807, 2.05) is 0 Å². The van der Waals surface area contributed by atoms with E-state index in [2.05, 4.69) is 31.1 Å². The van der Waals surface area contributed by atoms with Gasteiger partial charge in [0.25, 0.3) is 0 Å². The first-order valence-electron chi connectivity index (χ1n) is 6.02. The molecular formula is C13H22O2Si. The summed E-state index contributed by atoms with van der Waals surface area (Å²) in [5, 5.41) is 0. The quantitative estimate of drug-likeness (QED) is 0.399. The number of hydrogen-bond acceptors (Lipinski definition) is 2. The number of hydrogen-bond donors (Lipinski definition) is 0. The van der Waals surface area contributed by atoms with Crippen molar-refractivity contribution in [3.8, 4) is 11.5 Å². The fourth-order valence-electron chi connectivity index (χ4n) is 2.04. The van der Waals surface area contributed by atoms with Gasteiger partial charge in [-0.25, -0.2) is 0 Å². The van der Waals surface area contributed by atoms with E-state index >= 15 is 0 Å². The first-order chi connectivity index (χ1) is 7.40. The lowest BCUT2D eigenvalue weighted by Gasteiger charge is -2.29. The lowest BCUT2D eigenvalue weighted by Crippen LogP contribution is -2.34. The van der Waals surface area contributed by atoms with Gasteiger partial charge in [0, 0.05) is 0 Å². The summed E-state index contributed by atoms with van der Waals surface area (Å²) in [4.78, 5) is 11.9. The van der Waals surface area contributed by atoms with E-state index in [0.29, 0.717) is 0 Å². The normalized spacial score (nSPS) is 19.5. The smallest absolute Gasteiger partial charge is 0.323 e. The third-order valence-corrected chi connectivity index (χ3v) is 3.84. The molecule has 0 atom stereocenters. The van der Waals surface area contributed by atoms with E-state index in [0.717, 1.165) is 25.7 Å². The molecule has 0 aromatic carbocycles. The third kappa shape index (κ3) is 3.38. The van der Waals surface area contributed by atoms with Crippen molar-refractivity contribution < 1.29 is 9.53 Å². The second kappa shape index (κ2) is 5.05. The highest BCUT2D eigenvalue weighted by atomic mass is 28.3. The third-order valence-electron chi connectivity index (χ3n) is 2.96. The van der Waals surface area contributed by atoms with Crippen LogP contribution >= 0.6 is 0 Å². The molecule has 2 nitrogen and oxygen atoms in total. The van der Waals surface area contributed by atoms with Crippen molar-refractivity contribution in [2.45, 2.75) is 51.7 Å². The molecule has 0 N–H and O–H groups in total. The number of rotatable bonds is 1. The van der Waals surface area contributed by atoms with E-state index in [1.165, 1.54) is 13.5 Å². The van der Waals surface area contributed by atoms with E-state index in [9.17, 15) is 4.79 Å². The van der Waals surface area contributed by atoms with Gasteiger partial charge in [0.05, 0.1) is 7.11 Å². The Morgan fingerprint density at radius 2 is 1.75 bits per heavy atom. The van der Waals surface area contributed by atoms with Crippen LogP contribution in [0.2, 0.25) is 19.6 Å². The molecule has 0 radical (unpaired) electrons.